The van der Waals surface area contributed by atoms with E-state index in [-0.39, 0.29) is 30.0 Å². The molecule has 1 N–H and O–H groups in total. The van der Waals surface area contributed by atoms with Gasteiger partial charge in [0.05, 0.1) is 24.4 Å². The minimum Gasteiger partial charge on any atom is -0.371 e. The van der Waals surface area contributed by atoms with Gasteiger partial charge >= 0.3 is 0 Å². The Hall–Kier alpha value is -2.18. The third-order valence-electron chi connectivity index (χ3n) is 5.05. The molecule has 3 rings (SSSR count). The van der Waals surface area contributed by atoms with Crippen molar-refractivity contribution in [3.8, 4) is 0 Å². The van der Waals surface area contributed by atoms with Gasteiger partial charge in [0.15, 0.2) is 0 Å². The van der Waals surface area contributed by atoms with Crippen LogP contribution in [0.1, 0.15) is 46.5 Å². The Morgan fingerprint density at radius 1 is 1.31 bits per heavy atom. The number of nitrogens with one attached hydrogen (secondary N) is 1. The van der Waals surface area contributed by atoms with Crippen LogP contribution in [-0.2, 0) is 14.3 Å². The van der Waals surface area contributed by atoms with E-state index >= 15 is 0 Å². The van der Waals surface area contributed by atoms with Crippen molar-refractivity contribution in [3.63, 3.8) is 0 Å². The lowest BCUT2D eigenvalue weighted by atomic mass is 9.99. The van der Waals surface area contributed by atoms with Crippen LogP contribution < -0.4 is 5.32 Å². The SMILES string of the molecule is CCC1C(=O)N/C(=N\C2=CCC(OC(C)C)C=C2)N(CC2=CC=C(Cl)CC2)C1=O. The molecular weight excluding hydrogens is 390 g/mol. The molecule has 7 heteroatoms. The fourth-order valence-electron chi connectivity index (χ4n) is 3.51. The number of aliphatic imine (C=N–C) groups is 1. The van der Waals surface area contributed by atoms with Crippen LogP contribution in [0.5, 0.6) is 0 Å². The highest BCUT2D eigenvalue weighted by Gasteiger charge is 2.38. The van der Waals surface area contributed by atoms with Gasteiger partial charge in [0.2, 0.25) is 17.8 Å². The fraction of sp³-hybridized carbons (Fsp3) is 0.500. The number of allylic oxidation sites excluding steroid dienone is 4. The molecule has 1 saturated heterocycles. The highest BCUT2D eigenvalue weighted by atomic mass is 35.5. The van der Waals surface area contributed by atoms with Crippen molar-refractivity contribution in [1.82, 2.24) is 10.2 Å². The molecule has 0 spiro atoms. The molecule has 0 aromatic rings. The highest BCUT2D eigenvalue weighted by Crippen LogP contribution is 2.24. The molecule has 0 radical (unpaired) electrons. The van der Waals surface area contributed by atoms with Crippen molar-refractivity contribution >= 4 is 29.4 Å². The molecular formula is C22H28ClN3O3. The first-order valence-corrected chi connectivity index (χ1v) is 10.5. The number of hydrogen-bond acceptors (Lipinski definition) is 4. The van der Waals surface area contributed by atoms with Crippen molar-refractivity contribution in [2.75, 3.05) is 6.54 Å². The molecule has 1 heterocycles. The summed E-state index contributed by atoms with van der Waals surface area (Å²) in [6.45, 7) is 6.24. The first-order chi connectivity index (χ1) is 13.9. The van der Waals surface area contributed by atoms with Crippen LogP contribution in [0.15, 0.2) is 51.7 Å². The summed E-state index contributed by atoms with van der Waals surface area (Å²) in [6.07, 6.45) is 12.5. The smallest absolute Gasteiger partial charge is 0.242 e. The number of carbonyl (C=O) groups is 2. The van der Waals surface area contributed by atoms with E-state index in [1.54, 1.807) is 4.90 Å². The van der Waals surface area contributed by atoms with Crippen LogP contribution in [0.25, 0.3) is 0 Å². The third kappa shape index (κ3) is 5.46. The predicted molar refractivity (Wildman–Crippen MR) is 114 cm³/mol. The summed E-state index contributed by atoms with van der Waals surface area (Å²) in [7, 11) is 0. The van der Waals surface area contributed by atoms with Gasteiger partial charge in [0.1, 0.15) is 5.92 Å². The summed E-state index contributed by atoms with van der Waals surface area (Å²) in [6, 6.07) is 0. The van der Waals surface area contributed by atoms with Crippen LogP contribution in [0.2, 0.25) is 0 Å². The van der Waals surface area contributed by atoms with Gasteiger partial charge in [0.25, 0.3) is 0 Å². The van der Waals surface area contributed by atoms with Gasteiger partial charge in [0, 0.05) is 5.03 Å². The molecule has 0 bridgehead atoms. The molecule has 1 aliphatic heterocycles. The van der Waals surface area contributed by atoms with Crippen molar-refractivity contribution in [1.29, 1.82) is 0 Å². The largest absolute Gasteiger partial charge is 0.371 e. The molecule has 0 aromatic carbocycles. The van der Waals surface area contributed by atoms with Crippen molar-refractivity contribution < 1.29 is 14.3 Å². The molecule has 2 unspecified atom stereocenters. The molecule has 3 aliphatic rings. The number of ether oxygens (including phenoxy) is 1. The topological polar surface area (TPSA) is 71.0 Å². The average Bonchev–Trinajstić information content (AvgIpc) is 2.68. The standard InChI is InChI=1S/C22H28ClN3O3/c1-4-19-20(27)25-22(24-17-9-11-18(12-10-17)29-14(2)3)26(21(19)28)13-15-5-7-16(23)8-6-15/h5,7,9-11,14,18-19H,4,6,8,12-13H2,1-3H3,(H,24,25,27). The predicted octanol–water partition coefficient (Wildman–Crippen LogP) is 3.81. The van der Waals surface area contributed by atoms with E-state index in [2.05, 4.69) is 10.3 Å². The Kier molecular flexibility index (Phi) is 7.09. The van der Waals surface area contributed by atoms with Gasteiger partial charge in [-0.15, -0.1) is 0 Å². The minimum atomic E-state index is -0.683. The number of guanidine groups is 1. The van der Waals surface area contributed by atoms with E-state index < -0.39 is 5.92 Å². The number of hydrogen-bond donors (Lipinski definition) is 1. The van der Waals surface area contributed by atoms with Crippen molar-refractivity contribution in [2.45, 2.75) is 58.7 Å². The Labute approximate surface area is 177 Å². The molecule has 0 aromatic heterocycles. The van der Waals surface area contributed by atoms with Crippen molar-refractivity contribution in [3.05, 3.63) is 46.7 Å². The van der Waals surface area contributed by atoms with E-state index in [4.69, 9.17) is 16.3 Å². The number of carbonyl (C=O) groups excluding carboxylic acids is 2. The van der Waals surface area contributed by atoms with Crippen LogP contribution in [0.4, 0.5) is 0 Å². The summed E-state index contributed by atoms with van der Waals surface area (Å²) in [4.78, 5) is 31.6. The van der Waals surface area contributed by atoms with Gasteiger partial charge in [-0.3, -0.25) is 19.8 Å². The first-order valence-electron chi connectivity index (χ1n) is 10.2. The fourth-order valence-corrected chi connectivity index (χ4v) is 3.66. The zero-order valence-corrected chi connectivity index (χ0v) is 17.9. The zero-order chi connectivity index (χ0) is 21.0. The molecule has 6 nitrogen and oxygen atoms in total. The summed E-state index contributed by atoms with van der Waals surface area (Å²) >= 11 is 6.05. The lowest BCUT2D eigenvalue weighted by Crippen LogP contribution is -2.58. The van der Waals surface area contributed by atoms with Gasteiger partial charge in [-0.1, -0.05) is 36.8 Å². The second-order valence-electron chi connectivity index (χ2n) is 7.70. The Bertz CT molecular complexity index is 823. The van der Waals surface area contributed by atoms with E-state index in [0.29, 0.717) is 25.1 Å². The average molecular weight is 418 g/mol. The van der Waals surface area contributed by atoms with E-state index in [0.717, 1.165) is 23.4 Å². The van der Waals surface area contributed by atoms with Crippen LogP contribution in [0, 0.1) is 5.92 Å². The van der Waals surface area contributed by atoms with E-state index in [1.807, 2.05) is 51.2 Å². The highest BCUT2D eigenvalue weighted by molar-refractivity contribution is 6.29. The molecule has 1 fully saturated rings. The molecule has 2 atom stereocenters. The first kappa shape index (κ1) is 21.5. The molecule has 2 amide bonds. The van der Waals surface area contributed by atoms with Gasteiger partial charge in [-0.2, -0.15) is 0 Å². The van der Waals surface area contributed by atoms with Crippen molar-refractivity contribution in [2.24, 2.45) is 10.9 Å². The second kappa shape index (κ2) is 9.55. The zero-order valence-electron chi connectivity index (χ0n) is 17.2. The number of rotatable bonds is 6. The minimum absolute atomic E-state index is 0.0195. The van der Waals surface area contributed by atoms with Crippen LogP contribution in [-0.4, -0.2) is 41.4 Å². The monoisotopic (exact) mass is 417 g/mol. The summed E-state index contributed by atoms with van der Waals surface area (Å²) < 4.78 is 5.78. The van der Waals surface area contributed by atoms with E-state index in [9.17, 15) is 9.59 Å². The summed E-state index contributed by atoms with van der Waals surface area (Å²) in [5.41, 5.74) is 1.79. The quantitative estimate of drug-likeness (QED) is 0.668. The molecule has 29 heavy (non-hydrogen) atoms. The van der Waals surface area contributed by atoms with Gasteiger partial charge < -0.3 is 4.74 Å². The Morgan fingerprint density at radius 3 is 2.69 bits per heavy atom. The number of nitrogens with zero attached hydrogens (tertiary/aromatic N) is 2. The Balaban J connectivity index is 1.81. The lowest BCUT2D eigenvalue weighted by Gasteiger charge is -2.33. The number of amides is 2. The van der Waals surface area contributed by atoms with Crippen LogP contribution >= 0.6 is 11.6 Å². The molecule has 2 aliphatic carbocycles. The summed E-state index contributed by atoms with van der Waals surface area (Å²) in [5, 5.41) is 3.64. The maximum atomic E-state index is 13.0. The normalized spacial score (nSPS) is 26.4. The maximum Gasteiger partial charge on any atom is 0.242 e. The molecule has 0 saturated carbocycles. The van der Waals surface area contributed by atoms with Gasteiger partial charge in [-0.05, 0) is 57.3 Å². The Morgan fingerprint density at radius 2 is 2.10 bits per heavy atom. The van der Waals surface area contributed by atoms with E-state index in [1.165, 1.54) is 0 Å². The van der Waals surface area contributed by atoms with Crippen LogP contribution in [0.3, 0.4) is 0 Å². The third-order valence-corrected chi connectivity index (χ3v) is 5.36. The second-order valence-corrected chi connectivity index (χ2v) is 8.18. The maximum absolute atomic E-state index is 13.0. The number of halogens is 1. The van der Waals surface area contributed by atoms with Gasteiger partial charge in [-0.25, -0.2) is 4.99 Å². The lowest BCUT2D eigenvalue weighted by molar-refractivity contribution is -0.141. The molecule has 156 valence electrons. The summed E-state index contributed by atoms with van der Waals surface area (Å²) in [5.74, 6) is -0.908.